The van der Waals surface area contributed by atoms with Crippen molar-refractivity contribution >= 4 is 28.3 Å². The Morgan fingerprint density at radius 1 is 1.33 bits per heavy atom. The van der Waals surface area contributed by atoms with Gasteiger partial charge < -0.3 is 9.64 Å². The lowest BCUT2D eigenvalue weighted by atomic mass is 10.2. The number of aromatic nitrogens is 3. The van der Waals surface area contributed by atoms with Gasteiger partial charge >= 0.3 is 6.09 Å². The second-order valence-corrected chi connectivity index (χ2v) is 7.37. The summed E-state index contributed by atoms with van der Waals surface area (Å²) in [5.41, 5.74) is 0.713. The maximum atomic E-state index is 14.7. The number of cyclic esters (lactones) is 1. The van der Waals surface area contributed by atoms with E-state index in [2.05, 4.69) is 10.3 Å². The molecule has 1 aromatic carbocycles. The van der Waals surface area contributed by atoms with Crippen LogP contribution in [-0.4, -0.2) is 43.7 Å². The minimum Gasteiger partial charge on any atom is -0.442 e. The summed E-state index contributed by atoms with van der Waals surface area (Å²) in [6.07, 6.45) is 7.25. The van der Waals surface area contributed by atoms with Gasteiger partial charge in [0.1, 0.15) is 11.9 Å². The minimum absolute atomic E-state index is 0.292. The number of carbonyl (C=O) groups is 1. The molecule has 0 aliphatic carbocycles. The highest BCUT2D eigenvalue weighted by molar-refractivity contribution is 7.88. The first kappa shape index (κ1) is 17.4. The van der Waals surface area contributed by atoms with Crippen molar-refractivity contribution in [2.24, 2.45) is 0 Å². The highest BCUT2D eigenvalue weighted by Gasteiger charge is 2.33. The van der Waals surface area contributed by atoms with E-state index < -0.39 is 28.8 Å². The lowest BCUT2D eigenvalue weighted by molar-refractivity contribution is 0.129. The zero-order valence-corrected chi connectivity index (χ0v) is 15.0. The normalized spacial score (nSPS) is 22.2. The molecule has 0 radical (unpaired) electrons. The average Bonchev–Trinajstić information content (AvgIpc) is 3.22. The van der Waals surface area contributed by atoms with Gasteiger partial charge in [-0.3, -0.25) is 9.11 Å². The topological polar surface area (TPSA) is 80.6 Å². The monoisotopic (exact) mass is 389 g/mol. The summed E-state index contributed by atoms with van der Waals surface area (Å²) in [5.74, 6) is -0.110. The Labute approximate surface area is 157 Å². The van der Waals surface area contributed by atoms with E-state index in [0.29, 0.717) is 30.2 Å². The number of carbonyl (C=O) groups excluding carboxylic acids is 1. The Hall–Kier alpha value is -3.01. The number of hydrogen-bond acceptors (Lipinski definition) is 6. The van der Waals surface area contributed by atoms with Gasteiger partial charge in [0, 0.05) is 29.8 Å². The number of rotatable bonds is 4. The number of benzene rings is 1. The Morgan fingerprint density at radius 3 is 3.00 bits per heavy atom. The third-order valence-corrected chi connectivity index (χ3v) is 5.10. The maximum Gasteiger partial charge on any atom is 0.414 e. The Balaban J connectivity index is 1.51. The van der Waals surface area contributed by atoms with Crippen LogP contribution < -0.4 is 9.80 Å². The van der Waals surface area contributed by atoms with Gasteiger partial charge in [0.05, 0.1) is 41.5 Å². The SMILES string of the molecule is O=C1O[C@@H](Cn2ccnn2)CN1c1ccc(N2C=CCS(=O)C=C2)c(F)c1. The molecule has 10 heteroatoms. The molecule has 1 aromatic heterocycles. The summed E-state index contributed by atoms with van der Waals surface area (Å²) >= 11 is 0. The molecule has 2 aliphatic rings. The smallest absolute Gasteiger partial charge is 0.414 e. The summed E-state index contributed by atoms with van der Waals surface area (Å²) < 4.78 is 33.1. The third-order valence-electron chi connectivity index (χ3n) is 4.16. The molecule has 0 bridgehead atoms. The number of anilines is 2. The molecule has 4 rings (SSSR count). The van der Waals surface area contributed by atoms with E-state index in [0.717, 1.165) is 0 Å². The molecule has 1 amide bonds. The highest BCUT2D eigenvalue weighted by Crippen LogP contribution is 2.29. The molecule has 2 aromatic rings. The summed E-state index contributed by atoms with van der Waals surface area (Å²) in [6, 6.07) is 4.52. The molecule has 27 heavy (non-hydrogen) atoms. The molecule has 2 aliphatic heterocycles. The van der Waals surface area contributed by atoms with Crippen molar-refractivity contribution in [1.82, 2.24) is 15.0 Å². The summed E-state index contributed by atoms with van der Waals surface area (Å²) in [4.78, 5) is 15.1. The predicted molar refractivity (Wildman–Crippen MR) is 97.8 cm³/mol. The fourth-order valence-corrected chi connectivity index (χ4v) is 3.54. The van der Waals surface area contributed by atoms with Gasteiger partial charge in [-0.25, -0.2) is 13.9 Å². The molecular formula is C17H16FN5O3S. The van der Waals surface area contributed by atoms with E-state index in [1.54, 1.807) is 52.6 Å². The average molecular weight is 389 g/mol. The molecule has 8 nitrogen and oxygen atoms in total. The van der Waals surface area contributed by atoms with Gasteiger partial charge in [0.2, 0.25) is 0 Å². The number of nitrogens with zero attached hydrogens (tertiary/aromatic N) is 5. The van der Waals surface area contributed by atoms with Gasteiger partial charge in [-0.05, 0) is 18.2 Å². The Bertz CT molecular complexity index is 931. The van der Waals surface area contributed by atoms with Gasteiger partial charge in [-0.2, -0.15) is 0 Å². The fourth-order valence-electron chi connectivity index (χ4n) is 2.89. The van der Waals surface area contributed by atoms with Crippen LogP contribution in [0.4, 0.5) is 20.6 Å². The van der Waals surface area contributed by atoms with Crippen molar-refractivity contribution in [3.05, 3.63) is 60.3 Å². The van der Waals surface area contributed by atoms with Crippen LogP contribution in [0, 0.1) is 5.82 Å². The largest absolute Gasteiger partial charge is 0.442 e. The molecular weight excluding hydrogens is 373 g/mol. The van der Waals surface area contributed by atoms with Crippen LogP contribution in [0.15, 0.2) is 54.5 Å². The van der Waals surface area contributed by atoms with Crippen LogP contribution >= 0.6 is 0 Å². The molecule has 0 N–H and O–H groups in total. The Morgan fingerprint density at radius 2 is 2.22 bits per heavy atom. The first-order chi connectivity index (χ1) is 13.1. The zero-order valence-electron chi connectivity index (χ0n) is 14.1. The van der Waals surface area contributed by atoms with Crippen molar-refractivity contribution in [3.63, 3.8) is 0 Å². The van der Waals surface area contributed by atoms with E-state index in [1.165, 1.54) is 16.4 Å². The maximum absolute atomic E-state index is 14.7. The van der Waals surface area contributed by atoms with Crippen molar-refractivity contribution in [1.29, 1.82) is 0 Å². The lowest BCUT2D eigenvalue weighted by Gasteiger charge is -2.18. The second-order valence-electron chi connectivity index (χ2n) is 6.00. The van der Waals surface area contributed by atoms with Gasteiger partial charge in [0.15, 0.2) is 0 Å². The van der Waals surface area contributed by atoms with Crippen molar-refractivity contribution in [2.45, 2.75) is 12.6 Å². The summed E-state index contributed by atoms with van der Waals surface area (Å²) in [7, 11) is -1.10. The molecule has 2 atom stereocenters. The predicted octanol–water partition coefficient (Wildman–Crippen LogP) is 2.00. The van der Waals surface area contributed by atoms with E-state index in [9.17, 15) is 13.4 Å². The number of hydrogen-bond donors (Lipinski definition) is 0. The van der Waals surface area contributed by atoms with Gasteiger partial charge in [0.25, 0.3) is 0 Å². The van der Waals surface area contributed by atoms with Gasteiger partial charge in [-0.1, -0.05) is 11.3 Å². The molecule has 140 valence electrons. The summed E-state index contributed by atoms with van der Waals surface area (Å²) in [5, 5.41) is 9.08. The second kappa shape index (κ2) is 7.31. The van der Waals surface area contributed by atoms with Crippen LogP contribution in [-0.2, 0) is 22.1 Å². The summed E-state index contributed by atoms with van der Waals surface area (Å²) in [6.45, 7) is 0.670. The third kappa shape index (κ3) is 3.75. The Kier molecular flexibility index (Phi) is 4.71. The van der Waals surface area contributed by atoms with E-state index in [1.807, 2.05) is 0 Å². The van der Waals surface area contributed by atoms with Crippen LogP contribution in [0.2, 0.25) is 0 Å². The fraction of sp³-hybridized carbons (Fsp3) is 0.235. The molecule has 3 heterocycles. The standard InChI is InChI=1S/C17H16FN5O3S/c18-15-10-13(2-3-16(15)21-5-1-8-27(25)9-7-21)23-12-14(26-17(23)24)11-22-6-4-19-20-22/h1-7,9-10,14H,8,11-12H2/t14-,27?/m0/s1. The number of halogens is 1. The van der Waals surface area contributed by atoms with E-state index >= 15 is 0 Å². The van der Waals surface area contributed by atoms with Gasteiger partial charge in [-0.15, -0.1) is 5.10 Å². The minimum atomic E-state index is -1.10. The zero-order chi connectivity index (χ0) is 18.8. The lowest BCUT2D eigenvalue weighted by Crippen LogP contribution is -2.26. The molecule has 0 spiro atoms. The number of amides is 1. The first-order valence-corrected chi connectivity index (χ1v) is 9.60. The molecule has 1 saturated heterocycles. The van der Waals surface area contributed by atoms with Crippen LogP contribution in [0.25, 0.3) is 0 Å². The molecule has 1 unspecified atom stereocenters. The van der Waals surface area contributed by atoms with Crippen LogP contribution in [0.5, 0.6) is 0 Å². The quantitative estimate of drug-likeness (QED) is 0.796. The molecule has 0 saturated carbocycles. The molecule has 1 fully saturated rings. The van der Waals surface area contributed by atoms with E-state index in [4.69, 9.17) is 4.74 Å². The van der Waals surface area contributed by atoms with Crippen LogP contribution in [0.3, 0.4) is 0 Å². The van der Waals surface area contributed by atoms with Crippen molar-refractivity contribution < 1.29 is 18.1 Å². The van der Waals surface area contributed by atoms with Crippen molar-refractivity contribution in [3.8, 4) is 0 Å². The first-order valence-electron chi connectivity index (χ1n) is 8.22. The highest BCUT2D eigenvalue weighted by atomic mass is 32.2. The van der Waals surface area contributed by atoms with E-state index in [-0.39, 0.29) is 0 Å². The van der Waals surface area contributed by atoms with Crippen LogP contribution in [0.1, 0.15) is 0 Å². The number of ether oxygens (including phenoxy) is 1. The van der Waals surface area contributed by atoms with Crippen molar-refractivity contribution in [2.75, 3.05) is 22.1 Å².